The zero-order valence-electron chi connectivity index (χ0n) is 14.4. The van der Waals surface area contributed by atoms with Crippen LogP contribution in [0.5, 0.6) is 5.75 Å². The van der Waals surface area contributed by atoms with Crippen LogP contribution in [0, 0.1) is 5.92 Å². The molecule has 0 aromatic carbocycles. The van der Waals surface area contributed by atoms with Crippen LogP contribution in [-0.4, -0.2) is 28.7 Å². The van der Waals surface area contributed by atoms with Crippen molar-refractivity contribution >= 4 is 21.8 Å². The molecule has 134 valence electrons. The third-order valence-corrected chi connectivity index (χ3v) is 5.08. The Morgan fingerprint density at radius 3 is 2.58 bits per heavy atom. The van der Waals surface area contributed by atoms with Gasteiger partial charge in [-0.3, -0.25) is 9.59 Å². The lowest BCUT2D eigenvalue weighted by Crippen LogP contribution is -2.49. The van der Waals surface area contributed by atoms with E-state index in [-0.39, 0.29) is 29.5 Å². The summed E-state index contributed by atoms with van der Waals surface area (Å²) in [5.74, 6) is 0.624. The number of nitrogens with zero attached hydrogens (tertiary/aromatic N) is 1. The first kappa shape index (κ1) is 19.0. The van der Waals surface area contributed by atoms with Gasteiger partial charge in [-0.1, -0.05) is 13.8 Å². The normalized spacial score (nSPS) is 22.2. The first-order valence-corrected chi connectivity index (χ1v) is 9.16. The number of carbonyl (C=O) groups excluding carboxylic acids is 1. The Kier molecular flexibility index (Phi) is 6.46. The molecule has 1 atom stereocenters. The number of aromatic nitrogens is 1. The highest BCUT2D eigenvalue weighted by Crippen LogP contribution is 2.28. The monoisotopic (exact) mass is 399 g/mol. The zero-order chi connectivity index (χ0) is 17.9. The predicted molar refractivity (Wildman–Crippen MR) is 97.0 cm³/mol. The lowest BCUT2D eigenvalue weighted by atomic mass is 9.92. The average molecular weight is 400 g/mol. The standard InChI is InChI=1S/C17H26BrN3O3/c1-10(2)16(19)17(23)20-11-4-6-12(7-5-11)24-14-8-15(22)21(3)9-13(14)18/h8-12,16H,4-7,19H2,1-3H3,(H,20,23). The summed E-state index contributed by atoms with van der Waals surface area (Å²) in [5, 5.41) is 3.03. The van der Waals surface area contributed by atoms with Crippen LogP contribution in [0.4, 0.5) is 0 Å². The molecular formula is C17H26BrN3O3. The lowest BCUT2D eigenvalue weighted by molar-refractivity contribution is -0.124. The summed E-state index contributed by atoms with van der Waals surface area (Å²) in [6.07, 6.45) is 5.14. The number of ether oxygens (including phenoxy) is 1. The number of aryl methyl sites for hydroxylation is 1. The smallest absolute Gasteiger partial charge is 0.254 e. The van der Waals surface area contributed by atoms with Gasteiger partial charge >= 0.3 is 0 Å². The molecule has 2 rings (SSSR count). The fraction of sp³-hybridized carbons (Fsp3) is 0.647. The van der Waals surface area contributed by atoms with Gasteiger partial charge in [0.25, 0.3) is 5.56 Å². The molecule has 1 amide bonds. The number of pyridine rings is 1. The number of rotatable bonds is 5. The van der Waals surface area contributed by atoms with E-state index in [0.717, 1.165) is 30.2 Å². The first-order chi connectivity index (χ1) is 11.3. The molecule has 0 bridgehead atoms. The summed E-state index contributed by atoms with van der Waals surface area (Å²) in [7, 11) is 1.70. The summed E-state index contributed by atoms with van der Waals surface area (Å²) in [5.41, 5.74) is 5.78. The minimum Gasteiger partial charge on any atom is -0.489 e. The van der Waals surface area contributed by atoms with Gasteiger partial charge in [-0.05, 0) is 47.5 Å². The summed E-state index contributed by atoms with van der Waals surface area (Å²) >= 11 is 3.43. The quantitative estimate of drug-likeness (QED) is 0.791. The second-order valence-corrected chi connectivity index (χ2v) is 7.66. The van der Waals surface area contributed by atoms with Crippen LogP contribution in [-0.2, 0) is 11.8 Å². The van der Waals surface area contributed by atoms with Crippen LogP contribution < -0.4 is 21.3 Å². The van der Waals surface area contributed by atoms with Crippen LogP contribution in [0.15, 0.2) is 21.5 Å². The molecule has 0 aliphatic heterocycles. The largest absolute Gasteiger partial charge is 0.489 e. The van der Waals surface area contributed by atoms with Crippen molar-refractivity contribution in [2.45, 2.75) is 57.7 Å². The minimum atomic E-state index is -0.463. The molecular weight excluding hydrogens is 374 g/mol. The molecule has 0 spiro atoms. The molecule has 0 saturated heterocycles. The van der Waals surface area contributed by atoms with Gasteiger partial charge in [-0.25, -0.2) is 0 Å². The van der Waals surface area contributed by atoms with E-state index < -0.39 is 6.04 Å². The van der Waals surface area contributed by atoms with Crippen LogP contribution in [0.2, 0.25) is 0 Å². The zero-order valence-corrected chi connectivity index (χ0v) is 16.0. The molecule has 1 fully saturated rings. The molecule has 1 aromatic heterocycles. The second kappa shape index (κ2) is 8.16. The molecule has 6 nitrogen and oxygen atoms in total. The molecule has 1 aromatic rings. The maximum atomic E-state index is 12.0. The van der Waals surface area contributed by atoms with Crippen molar-refractivity contribution < 1.29 is 9.53 Å². The predicted octanol–water partition coefficient (Wildman–Crippen LogP) is 1.94. The maximum absolute atomic E-state index is 12.0. The van der Waals surface area contributed by atoms with Crippen molar-refractivity contribution in [1.29, 1.82) is 0 Å². The van der Waals surface area contributed by atoms with Crippen molar-refractivity contribution in [2.75, 3.05) is 0 Å². The van der Waals surface area contributed by atoms with Crippen LogP contribution >= 0.6 is 15.9 Å². The number of nitrogens with one attached hydrogen (secondary N) is 1. The molecule has 1 aliphatic carbocycles. The lowest BCUT2D eigenvalue weighted by Gasteiger charge is -2.30. The highest BCUT2D eigenvalue weighted by atomic mass is 79.9. The van der Waals surface area contributed by atoms with Gasteiger partial charge in [0, 0.05) is 25.4 Å². The van der Waals surface area contributed by atoms with Crippen molar-refractivity contribution in [1.82, 2.24) is 9.88 Å². The van der Waals surface area contributed by atoms with Gasteiger partial charge in [0.1, 0.15) is 5.75 Å². The van der Waals surface area contributed by atoms with E-state index >= 15 is 0 Å². The molecule has 3 N–H and O–H groups in total. The summed E-state index contributed by atoms with van der Waals surface area (Å²) in [4.78, 5) is 23.8. The highest BCUT2D eigenvalue weighted by molar-refractivity contribution is 9.10. The van der Waals surface area contributed by atoms with Gasteiger partial charge < -0.3 is 20.4 Å². The van der Waals surface area contributed by atoms with Gasteiger partial charge in [0.2, 0.25) is 5.91 Å². The second-order valence-electron chi connectivity index (χ2n) is 6.80. The fourth-order valence-corrected chi connectivity index (χ4v) is 3.29. The Morgan fingerprint density at radius 1 is 1.38 bits per heavy atom. The molecule has 1 heterocycles. The van der Waals surface area contributed by atoms with E-state index in [0.29, 0.717) is 5.75 Å². The number of nitrogens with two attached hydrogens (primary N) is 1. The summed E-state index contributed by atoms with van der Waals surface area (Å²) in [6, 6.07) is 1.18. The number of hydrogen-bond donors (Lipinski definition) is 2. The van der Waals surface area contributed by atoms with Gasteiger partial charge in [0.15, 0.2) is 0 Å². The van der Waals surface area contributed by atoms with E-state index in [1.807, 2.05) is 13.8 Å². The van der Waals surface area contributed by atoms with Gasteiger partial charge in [-0.15, -0.1) is 0 Å². The number of halogens is 1. The van der Waals surface area contributed by atoms with E-state index in [9.17, 15) is 9.59 Å². The van der Waals surface area contributed by atoms with E-state index in [2.05, 4.69) is 21.2 Å². The van der Waals surface area contributed by atoms with Crippen molar-refractivity contribution in [3.63, 3.8) is 0 Å². The Hall–Kier alpha value is -1.34. The van der Waals surface area contributed by atoms with Crippen molar-refractivity contribution in [2.24, 2.45) is 18.7 Å². The molecule has 24 heavy (non-hydrogen) atoms. The van der Waals surface area contributed by atoms with Crippen LogP contribution in [0.3, 0.4) is 0 Å². The Labute approximate surface area is 150 Å². The van der Waals surface area contributed by atoms with Crippen LogP contribution in [0.25, 0.3) is 0 Å². The molecule has 1 unspecified atom stereocenters. The fourth-order valence-electron chi connectivity index (χ4n) is 2.78. The molecule has 1 aliphatic rings. The van der Waals surface area contributed by atoms with Crippen molar-refractivity contribution in [3.8, 4) is 5.75 Å². The topological polar surface area (TPSA) is 86.4 Å². The van der Waals surface area contributed by atoms with E-state index in [4.69, 9.17) is 10.5 Å². The molecule has 7 heteroatoms. The van der Waals surface area contributed by atoms with Crippen LogP contribution in [0.1, 0.15) is 39.5 Å². The maximum Gasteiger partial charge on any atom is 0.254 e. The molecule has 0 radical (unpaired) electrons. The number of amides is 1. The minimum absolute atomic E-state index is 0.0559. The third-order valence-electron chi connectivity index (χ3n) is 4.48. The van der Waals surface area contributed by atoms with Gasteiger partial charge in [-0.2, -0.15) is 0 Å². The Bertz CT molecular complexity index is 636. The van der Waals surface area contributed by atoms with Gasteiger partial charge in [0.05, 0.1) is 16.6 Å². The number of carbonyl (C=O) groups is 1. The first-order valence-electron chi connectivity index (χ1n) is 8.36. The Balaban J connectivity index is 1.86. The third kappa shape index (κ3) is 4.83. The summed E-state index contributed by atoms with van der Waals surface area (Å²) < 4.78 is 8.23. The van der Waals surface area contributed by atoms with E-state index in [1.54, 1.807) is 13.2 Å². The highest BCUT2D eigenvalue weighted by Gasteiger charge is 2.26. The molecule has 1 saturated carbocycles. The van der Waals surface area contributed by atoms with E-state index in [1.165, 1.54) is 10.6 Å². The van der Waals surface area contributed by atoms with Crippen molar-refractivity contribution in [3.05, 3.63) is 27.1 Å². The SMILES string of the molecule is CC(C)C(N)C(=O)NC1CCC(Oc2cc(=O)n(C)cc2Br)CC1. The Morgan fingerprint density at radius 2 is 2.00 bits per heavy atom. The summed E-state index contributed by atoms with van der Waals surface area (Å²) in [6.45, 7) is 3.88. The average Bonchev–Trinajstić information content (AvgIpc) is 2.53. The number of hydrogen-bond acceptors (Lipinski definition) is 4.